The number of hydrogen-bond acceptors (Lipinski definition) is 0. The van der Waals surface area contributed by atoms with Gasteiger partial charge in [-0.25, -0.2) is 4.57 Å². The Morgan fingerprint density at radius 1 is 0.667 bits per heavy atom. The first kappa shape index (κ1) is 16.4. The van der Waals surface area contributed by atoms with Crippen LogP contribution in [-0.2, 0) is 21.1 Å². The maximum atomic E-state index is 2.26. The summed E-state index contributed by atoms with van der Waals surface area (Å²) in [7, 11) is 6.31. The Morgan fingerprint density at radius 3 is 1.33 bits per heavy atom. The highest BCUT2D eigenvalue weighted by Crippen LogP contribution is 2.15. The summed E-state index contributed by atoms with van der Waals surface area (Å²) in [6.07, 6.45) is 4.34. The average Bonchev–Trinajstić information content (AvgIpc) is 2.89. The molecule has 3 heterocycles. The van der Waals surface area contributed by atoms with E-state index in [2.05, 4.69) is 104 Å². The lowest BCUT2D eigenvalue weighted by Crippen LogP contribution is -2.50. The van der Waals surface area contributed by atoms with Crippen LogP contribution in [0.3, 0.4) is 0 Å². The topological polar surface area (TPSA) is 21.5 Å². The van der Waals surface area contributed by atoms with E-state index in [1.165, 1.54) is 28.1 Å². The largest absolute Gasteiger partial charge is 0.290 e. The van der Waals surface area contributed by atoms with Gasteiger partial charge in [0.2, 0.25) is 12.4 Å². The third-order valence-electron chi connectivity index (χ3n) is 5.00. The summed E-state index contributed by atoms with van der Waals surface area (Å²) >= 11 is 0. The molecule has 126 valence electrons. The van der Waals surface area contributed by atoms with Crippen molar-refractivity contribution in [2.45, 2.75) is 34.6 Å². The first-order valence-corrected chi connectivity index (χ1v) is 8.33. The van der Waals surface area contributed by atoms with Gasteiger partial charge in [-0.2, -0.15) is 0 Å². The standard InChI is InChI=1S/C19H28N5/c1-13-9-18(23-16(4)14(2)11-20(23)6)22(8)19(10-13)24-17(5)15(3)12-21(24)7/h9-12H,1-8H3/q+3. The Bertz CT molecular complexity index is 870. The van der Waals surface area contributed by atoms with Gasteiger partial charge in [0.05, 0.1) is 18.2 Å². The van der Waals surface area contributed by atoms with E-state index in [1.54, 1.807) is 0 Å². The highest BCUT2D eigenvalue weighted by atomic mass is 15.5. The van der Waals surface area contributed by atoms with E-state index in [0.717, 1.165) is 11.6 Å². The summed E-state index contributed by atoms with van der Waals surface area (Å²) in [5, 5.41) is 0. The number of nitrogens with zero attached hydrogens (tertiary/aromatic N) is 5. The first-order chi connectivity index (χ1) is 11.2. The normalized spacial score (nSPS) is 11.3. The van der Waals surface area contributed by atoms with Crippen molar-refractivity contribution in [2.75, 3.05) is 0 Å². The molecule has 0 amide bonds. The highest BCUT2D eigenvalue weighted by Gasteiger charge is 2.28. The Kier molecular flexibility index (Phi) is 3.82. The first-order valence-electron chi connectivity index (χ1n) is 8.33. The lowest BCUT2D eigenvalue weighted by molar-refractivity contribution is -0.779. The van der Waals surface area contributed by atoms with Crippen LogP contribution in [0.5, 0.6) is 0 Å². The molecular formula is C19H28N5+3. The van der Waals surface area contributed by atoms with Crippen molar-refractivity contribution in [1.29, 1.82) is 0 Å². The third kappa shape index (κ3) is 2.35. The van der Waals surface area contributed by atoms with Crippen LogP contribution in [-0.4, -0.2) is 9.36 Å². The number of aromatic nitrogens is 5. The van der Waals surface area contributed by atoms with Crippen molar-refractivity contribution in [3.63, 3.8) is 0 Å². The number of pyridine rings is 1. The van der Waals surface area contributed by atoms with E-state index in [-0.39, 0.29) is 0 Å². The molecule has 24 heavy (non-hydrogen) atoms. The van der Waals surface area contributed by atoms with E-state index in [1.807, 2.05) is 0 Å². The zero-order valence-electron chi connectivity index (χ0n) is 16.0. The predicted molar refractivity (Wildman–Crippen MR) is 92.3 cm³/mol. The molecule has 0 fully saturated rings. The van der Waals surface area contributed by atoms with Crippen LogP contribution in [0.1, 0.15) is 28.1 Å². The molecule has 0 atom stereocenters. The van der Waals surface area contributed by atoms with Crippen molar-refractivity contribution in [1.82, 2.24) is 9.36 Å². The fourth-order valence-corrected chi connectivity index (χ4v) is 3.50. The molecule has 0 aromatic carbocycles. The van der Waals surface area contributed by atoms with Gasteiger partial charge in [0.15, 0.2) is 14.1 Å². The minimum atomic E-state index is 1.16. The monoisotopic (exact) mass is 326 g/mol. The third-order valence-corrected chi connectivity index (χ3v) is 5.00. The molecule has 0 unspecified atom stereocenters. The fraction of sp³-hybridized carbons (Fsp3) is 0.421. The molecule has 0 aliphatic heterocycles. The summed E-state index contributed by atoms with van der Waals surface area (Å²) in [5.41, 5.74) is 6.34. The van der Waals surface area contributed by atoms with E-state index in [4.69, 9.17) is 0 Å². The minimum absolute atomic E-state index is 1.16. The van der Waals surface area contributed by atoms with E-state index in [9.17, 15) is 0 Å². The maximum Gasteiger partial charge on any atom is 0.290 e. The van der Waals surface area contributed by atoms with Gasteiger partial charge in [0, 0.05) is 12.1 Å². The van der Waals surface area contributed by atoms with Crippen molar-refractivity contribution in [3.05, 3.63) is 52.6 Å². The molecule has 3 rings (SSSR count). The van der Waals surface area contributed by atoms with Crippen molar-refractivity contribution in [3.8, 4) is 11.6 Å². The molecule has 5 nitrogen and oxygen atoms in total. The predicted octanol–water partition coefficient (Wildman–Crippen LogP) is 1.28. The molecular weight excluding hydrogens is 298 g/mol. The van der Waals surface area contributed by atoms with Crippen LogP contribution in [0.4, 0.5) is 0 Å². The van der Waals surface area contributed by atoms with Crippen molar-refractivity contribution in [2.24, 2.45) is 21.1 Å². The molecule has 0 saturated carbocycles. The summed E-state index contributed by atoms with van der Waals surface area (Å²) in [4.78, 5) is 0. The zero-order valence-corrected chi connectivity index (χ0v) is 16.0. The van der Waals surface area contributed by atoms with Crippen LogP contribution in [0, 0.1) is 34.6 Å². The van der Waals surface area contributed by atoms with Gasteiger partial charge >= 0.3 is 0 Å². The van der Waals surface area contributed by atoms with Crippen LogP contribution >= 0.6 is 0 Å². The molecule has 0 N–H and O–H groups in total. The van der Waals surface area contributed by atoms with Crippen LogP contribution in [0.25, 0.3) is 11.6 Å². The minimum Gasteiger partial charge on any atom is -0.226 e. The van der Waals surface area contributed by atoms with Gasteiger partial charge in [-0.05, 0) is 49.5 Å². The molecule has 3 aromatic rings. The van der Waals surface area contributed by atoms with E-state index in [0.29, 0.717) is 0 Å². The molecule has 0 spiro atoms. The van der Waals surface area contributed by atoms with Gasteiger partial charge in [0.1, 0.15) is 11.4 Å². The second kappa shape index (κ2) is 5.58. The lowest BCUT2D eigenvalue weighted by Gasteiger charge is -2.09. The molecule has 0 radical (unpaired) electrons. The van der Waals surface area contributed by atoms with Gasteiger partial charge in [0.25, 0.3) is 11.6 Å². The Balaban J connectivity index is 2.34. The maximum absolute atomic E-state index is 2.26. The van der Waals surface area contributed by atoms with Crippen molar-refractivity contribution >= 4 is 0 Å². The van der Waals surface area contributed by atoms with Crippen molar-refractivity contribution < 1.29 is 13.9 Å². The quantitative estimate of drug-likeness (QED) is 0.633. The Morgan fingerprint density at radius 2 is 1.04 bits per heavy atom. The van der Waals surface area contributed by atoms with Crippen LogP contribution in [0.15, 0.2) is 24.5 Å². The molecule has 0 aliphatic carbocycles. The molecule has 3 aromatic heterocycles. The SMILES string of the molecule is Cc1cc(-n2c(C)c(C)c[n+]2C)[n+](C)c(-n2c(C)c(C)c[n+]2C)c1. The fourth-order valence-electron chi connectivity index (χ4n) is 3.50. The smallest absolute Gasteiger partial charge is 0.226 e. The van der Waals surface area contributed by atoms with Gasteiger partial charge in [-0.3, -0.25) is 0 Å². The van der Waals surface area contributed by atoms with Crippen LogP contribution < -0.4 is 13.9 Å². The van der Waals surface area contributed by atoms with E-state index < -0.39 is 0 Å². The molecule has 0 saturated heterocycles. The second-order valence-corrected chi connectivity index (χ2v) is 6.87. The lowest BCUT2D eigenvalue weighted by atomic mass is 10.2. The molecule has 0 aliphatic rings. The highest BCUT2D eigenvalue weighted by molar-refractivity contribution is 5.32. The zero-order chi connectivity index (χ0) is 17.8. The second-order valence-electron chi connectivity index (χ2n) is 6.87. The summed E-state index contributed by atoms with van der Waals surface area (Å²) < 4.78 is 11.1. The number of hydrogen-bond donors (Lipinski definition) is 0. The molecule has 0 bridgehead atoms. The summed E-state index contributed by atoms with van der Waals surface area (Å²) in [6, 6.07) is 4.48. The van der Waals surface area contributed by atoms with Gasteiger partial charge in [-0.15, -0.1) is 0 Å². The number of aryl methyl sites for hydroxylation is 5. The Hall–Kier alpha value is -2.43. The Labute approximate surface area is 144 Å². The van der Waals surface area contributed by atoms with Crippen LogP contribution in [0.2, 0.25) is 0 Å². The van der Waals surface area contributed by atoms with E-state index >= 15 is 0 Å². The summed E-state index contributed by atoms with van der Waals surface area (Å²) in [6.45, 7) is 10.8. The van der Waals surface area contributed by atoms with Gasteiger partial charge < -0.3 is 0 Å². The molecule has 5 heteroatoms. The average molecular weight is 326 g/mol. The number of rotatable bonds is 2. The summed E-state index contributed by atoms with van der Waals surface area (Å²) in [5.74, 6) is 2.31. The van der Waals surface area contributed by atoms with Gasteiger partial charge in [-0.1, -0.05) is 9.36 Å².